The molecule has 56 valence electrons. The molecule has 1 fully saturated rings. The molecule has 0 amide bonds. The third-order valence-corrected chi connectivity index (χ3v) is 2.18. The van der Waals surface area contributed by atoms with Crippen molar-refractivity contribution in [3.05, 3.63) is 0 Å². The maximum absolute atomic E-state index is 8.42. The van der Waals surface area contributed by atoms with Crippen LogP contribution in [0, 0.1) is 11.3 Å². The average Bonchev–Trinajstić information content (AvgIpc) is 1.78. The zero-order chi connectivity index (χ0) is 7.56. The van der Waals surface area contributed by atoms with Gasteiger partial charge in [0.2, 0.25) is 0 Å². The minimum Gasteiger partial charge on any atom is -0.297 e. The van der Waals surface area contributed by atoms with Crippen LogP contribution >= 0.6 is 0 Å². The predicted octanol–water partition coefficient (Wildman–Crippen LogP) is 1.38. The Morgan fingerprint density at radius 1 is 1.70 bits per heavy atom. The van der Waals surface area contributed by atoms with Crippen molar-refractivity contribution in [1.82, 2.24) is 4.90 Å². The van der Waals surface area contributed by atoms with Crippen LogP contribution in [-0.2, 0) is 0 Å². The Morgan fingerprint density at radius 2 is 2.40 bits per heavy atom. The van der Waals surface area contributed by atoms with E-state index in [0.29, 0.717) is 18.5 Å². The molecule has 0 radical (unpaired) electrons. The van der Waals surface area contributed by atoms with E-state index in [1.807, 2.05) is 0 Å². The second-order valence-electron chi connectivity index (χ2n) is 3.14. The fraction of sp³-hybridized carbons (Fsp3) is 0.875. The highest BCUT2D eigenvalue weighted by molar-refractivity contribution is 4.91. The van der Waals surface area contributed by atoms with Crippen molar-refractivity contribution < 1.29 is 0 Å². The molecule has 1 aliphatic heterocycles. The molecule has 0 aromatic rings. The Morgan fingerprint density at radius 3 is 2.70 bits per heavy atom. The summed E-state index contributed by atoms with van der Waals surface area (Å²) in [6.45, 7) is 5.55. The number of hydrogen-bond acceptors (Lipinski definition) is 2. The van der Waals surface area contributed by atoms with Gasteiger partial charge in [0.15, 0.2) is 0 Å². The van der Waals surface area contributed by atoms with Crippen molar-refractivity contribution in [2.75, 3.05) is 6.54 Å². The van der Waals surface area contributed by atoms with Crippen molar-refractivity contribution in [3.63, 3.8) is 0 Å². The summed E-state index contributed by atoms with van der Waals surface area (Å²) < 4.78 is 0. The summed E-state index contributed by atoms with van der Waals surface area (Å²) in [5, 5.41) is 8.42. The Kier molecular flexibility index (Phi) is 2.29. The molecule has 0 N–H and O–H groups in total. The van der Waals surface area contributed by atoms with E-state index in [1.165, 1.54) is 13.0 Å². The van der Waals surface area contributed by atoms with Gasteiger partial charge in [0.25, 0.3) is 0 Å². The first-order valence-corrected chi connectivity index (χ1v) is 3.88. The van der Waals surface area contributed by atoms with Gasteiger partial charge in [-0.3, -0.25) is 4.90 Å². The fourth-order valence-electron chi connectivity index (χ4n) is 1.47. The smallest absolute Gasteiger partial charge is 0.0638 e. The lowest BCUT2D eigenvalue weighted by Crippen LogP contribution is -2.50. The van der Waals surface area contributed by atoms with Gasteiger partial charge in [-0.2, -0.15) is 5.26 Å². The molecule has 2 nitrogen and oxygen atoms in total. The van der Waals surface area contributed by atoms with Gasteiger partial charge in [0.05, 0.1) is 12.5 Å². The normalized spacial score (nSPS) is 26.0. The maximum Gasteiger partial charge on any atom is 0.0638 e. The summed E-state index contributed by atoms with van der Waals surface area (Å²) in [6.07, 6.45) is 1.92. The van der Waals surface area contributed by atoms with Crippen LogP contribution in [0.3, 0.4) is 0 Å². The maximum atomic E-state index is 8.42. The van der Waals surface area contributed by atoms with Gasteiger partial charge in [-0.05, 0) is 20.3 Å². The fourth-order valence-corrected chi connectivity index (χ4v) is 1.47. The summed E-state index contributed by atoms with van der Waals surface area (Å²) in [4.78, 5) is 2.38. The standard InChI is InChI=1S/C8H14N2/c1-7(2)10-6-4-8(10)3-5-9/h7-8H,3-4,6H2,1-2H3. The lowest BCUT2D eigenvalue weighted by Gasteiger charge is -2.42. The molecule has 0 aromatic heterocycles. The summed E-state index contributed by atoms with van der Waals surface area (Å²) >= 11 is 0. The minimum absolute atomic E-state index is 0.560. The third-order valence-electron chi connectivity index (χ3n) is 2.18. The van der Waals surface area contributed by atoms with E-state index in [9.17, 15) is 0 Å². The summed E-state index contributed by atoms with van der Waals surface area (Å²) in [5.41, 5.74) is 0. The predicted molar refractivity (Wildman–Crippen MR) is 40.5 cm³/mol. The first kappa shape index (κ1) is 7.56. The SMILES string of the molecule is CC(C)N1CCC1CC#N. The Bertz CT molecular complexity index is 146. The molecule has 10 heavy (non-hydrogen) atoms. The molecule has 2 heteroatoms. The Hall–Kier alpha value is -0.550. The van der Waals surface area contributed by atoms with Crippen molar-refractivity contribution in [3.8, 4) is 6.07 Å². The van der Waals surface area contributed by atoms with Crippen LogP contribution in [0.4, 0.5) is 0 Å². The highest BCUT2D eigenvalue weighted by Crippen LogP contribution is 2.22. The van der Waals surface area contributed by atoms with Gasteiger partial charge in [-0.1, -0.05) is 0 Å². The number of likely N-dealkylation sites (tertiary alicyclic amines) is 1. The molecule has 1 aliphatic rings. The molecular weight excluding hydrogens is 124 g/mol. The van der Waals surface area contributed by atoms with Crippen LogP contribution < -0.4 is 0 Å². The molecule has 1 atom stereocenters. The quantitative estimate of drug-likeness (QED) is 0.576. The van der Waals surface area contributed by atoms with Crippen LogP contribution in [0.1, 0.15) is 26.7 Å². The van der Waals surface area contributed by atoms with E-state index in [1.54, 1.807) is 0 Å². The molecule has 1 unspecified atom stereocenters. The summed E-state index contributed by atoms with van der Waals surface area (Å²) in [6, 6.07) is 3.39. The monoisotopic (exact) mass is 138 g/mol. The largest absolute Gasteiger partial charge is 0.297 e. The molecule has 0 saturated carbocycles. The molecule has 0 bridgehead atoms. The number of hydrogen-bond donors (Lipinski definition) is 0. The highest BCUT2D eigenvalue weighted by atomic mass is 15.2. The van der Waals surface area contributed by atoms with Crippen molar-refractivity contribution >= 4 is 0 Å². The van der Waals surface area contributed by atoms with E-state index in [4.69, 9.17) is 5.26 Å². The highest BCUT2D eigenvalue weighted by Gasteiger charge is 2.28. The van der Waals surface area contributed by atoms with Gasteiger partial charge in [0.1, 0.15) is 0 Å². The third kappa shape index (κ3) is 1.30. The lowest BCUT2D eigenvalue weighted by atomic mass is 9.98. The number of nitriles is 1. The van der Waals surface area contributed by atoms with Crippen LogP contribution in [0.5, 0.6) is 0 Å². The Labute approximate surface area is 62.4 Å². The molecule has 0 aliphatic carbocycles. The van der Waals surface area contributed by atoms with E-state index in [-0.39, 0.29) is 0 Å². The van der Waals surface area contributed by atoms with Gasteiger partial charge in [-0.15, -0.1) is 0 Å². The van der Waals surface area contributed by atoms with E-state index >= 15 is 0 Å². The second-order valence-corrected chi connectivity index (χ2v) is 3.14. The zero-order valence-electron chi connectivity index (χ0n) is 6.67. The van der Waals surface area contributed by atoms with Gasteiger partial charge >= 0.3 is 0 Å². The molecule has 0 aromatic carbocycles. The molecule has 0 spiro atoms. The summed E-state index contributed by atoms with van der Waals surface area (Å²) in [7, 11) is 0. The van der Waals surface area contributed by atoms with Crippen LogP contribution in [0.2, 0.25) is 0 Å². The topological polar surface area (TPSA) is 27.0 Å². The minimum atomic E-state index is 0.560. The van der Waals surface area contributed by atoms with E-state index in [2.05, 4.69) is 24.8 Å². The van der Waals surface area contributed by atoms with Gasteiger partial charge < -0.3 is 0 Å². The van der Waals surface area contributed by atoms with Crippen LogP contribution in [0.25, 0.3) is 0 Å². The number of nitrogens with zero attached hydrogens (tertiary/aromatic N) is 2. The van der Waals surface area contributed by atoms with Gasteiger partial charge in [-0.25, -0.2) is 0 Å². The van der Waals surface area contributed by atoms with E-state index in [0.717, 1.165) is 0 Å². The average molecular weight is 138 g/mol. The number of rotatable bonds is 2. The van der Waals surface area contributed by atoms with E-state index < -0.39 is 0 Å². The summed E-state index contributed by atoms with van der Waals surface area (Å²) in [5.74, 6) is 0. The second kappa shape index (κ2) is 3.03. The first-order chi connectivity index (χ1) is 4.75. The molecule has 1 saturated heterocycles. The first-order valence-electron chi connectivity index (χ1n) is 3.88. The Balaban J connectivity index is 2.30. The zero-order valence-corrected chi connectivity index (χ0v) is 6.67. The van der Waals surface area contributed by atoms with Crippen molar-refractivity contribution in [1.29, 1.82) is 5.26 Å². The van der Waals surface area contributed by atoms with Crippen LogP contribution in [-0.4, -0.2) is 23.5 Å². The molecule has 1 heterocycles. The molecular formula is C8H14N2. The lowest BCUT2D eigenvalue weighted by molar-refractivity contribution is 0.0598. The van der Waals surface area contributed by atoms with Crippen LogP contribution in [0.15, 0.2) is 0 Å². The van der Waals surface area contributed by atoms with Crippen molar-refractivity contribution in [2.24, 2.45) is 0 Å². The van der Waals surface area contributed by atoms with Gasteiger partial charge in [0, 0.05) is 18.6 Å². The molecule has 1 rings (SSSR count). The van der Waals surface area contributed by atoms with Crippen molar-refractivity contribution in [2.45, 2.75) is 38.8 Å².